The molecule has 2 N–H and O–H groups in total. The van der Waals surface area contributed by atoms with Crippen LogP contribution in [0, 0.1) is 0 Å². The van der Waals surface area contributed by atoms with Gasteiger partial charge in [-0.3, -0.25) is 15.1 Å². The Morgan fingerprint density at radius 3 is 2.76 bits per heavy atom. The Morgan fingerprint density at radius 2 is 2.18 bits per heavy atom. The van der Waals surface area contributed by atoms with Gasteiger partial charge in [-0.1, -0.05) is 13.0 Å². The van der Waals surface area contributed by atoms with Crippen molar-refractivity contribution in [1.82, 2.24) is 15.6 Å². The van der Waals surface area contributed by atoms with Crippen molar-refractivity contribution in [2.75, 3.05) is 6.54 Å². The molecule has 1 unspecified atom stereocenters. The summed E-state index contributed by atoms with van der Waals surface area (Å²) in [6, 6.07) is 5.64. The molecular weight excluding hydrogens is 214 g/mol. The molecule has 94 valence electrons. The number of nitrogens with one attached hydrogen (secondary N) is 2. The maximum absolute atomic E-state index is 11.7. The van der Waals surface area contributed by atoms with Gasteiger partial charge in [-0.05, 0) is 32.4 Å². The number of pyridine rings is 1. The molecule has 1 amide bonds. The highest BCUT2D eigenvalue weighted by atomic mass is 16.2. The predicted molar refractivity (Wildman–Crippen MR) is 68.6 cm³/mol. The summed E-state index contributed by atoms with van der Waals surface area (Å²) in [5.41, 5.74) is 0.947. The van der Waals surface area contributed by atoms with Gasteiger partial charge in [0.25, 0.3) is 0 Å². The van der Waals surface area contributed by atoms with Crippen molar-refractivity contribution in [3.05, 3.63) is 30.1 Å². The average molecular weight is 235 g/mol. The van der Waals surface area contributed by atoms with E-state index in [0.717, 1.165) is 18.7 Å². The van der Waals surface area contributed by atoms with Crippen LogP contribution in [0.2, 0.25) is 0 Å². The molecule has 0 aromatic carbocycles. The highest BCUT2D eigenvalue weighted by Gasteiger charge is 2.15. The van der Waals surface area contributed by atoms with Crippen LogP contribution in [0.15, 0.2) is 24.4 Å². The summed E-state index contributed by atoms with van der Waals surface area (Å²) in [5, 5.41) is 6.10. The van der Waals surface area contributed by atoms with Crippen LogP contribution in [0.25, 0.3) is 0 Å². The Kier molecular flexibility index (Phi) is 5.63. The Bertz CT molecular complexity index is 340. The van der Waals surface area contributed by atoms with Crippen LogP contribution in [0.1, 0.15) is 38.9 Å². The lowest BCUT2D eigenvalue weighted by Gasteiger charge is -2.19. The maximum atomic E-state index is 11.7. The monoisotopic (exact) mass is 235 g/mol. The third-order valence-corrected chi connectivity index (χ3v) is 2.57. The van der Waals surface area contributed by atoms with Crippen molar-refractivity contribution in [3.63, 3.8) is 0 Å². The highest BCUT2D eigenvalue weighted by molar-refractivity contribution is 5.81. The Hall–Kier alpha value is -1.42. The molecule has 0 bridgehead atoms. The maximum Gasteiger partial charge on any atom is 0.236 e. The number of amides is 1. The van der Waals surface area contributed by atoms with E-state index in [2.05, 4.69) is 15.6 Å². The van der Waals surface area contributed by atoms with Gasteiger partial charge in [-0.25, -0.2) is 0 Å². The zero-order valence-electron chi connectivity index (χ0n) is 10.7. The number of carbonyl (C=O) groups is 1. The summed E-state index contributed by atoms with van der Waals surface area (Å²) >= 11 is 0. The predicted octanol–water partition coefficient (Wildman–Crippen LogP) is 1.65. The van der Waals surface area contributed by atoms with E-state index < -0.39 is 0 Å². The second-order valence-electron chi connectivity index (χ2n) is 4.16. The molecule has 1 rings (SSSR count). The van der Waals surface area contributed by atoms with Gasteiger partial charge in [-0.15, -0.1) is 0 Å². The first-order chi connectivity index (χ1) is 8.15. The molecule has 0 spiro atoms. The Labute approximate surface area is 103 Å². The molecule has 0 aliphatic carbocycles. The smallest absolute Gasteiger partial charge is 0.236 e. The number of rotatable bonds is 6. The van der Waals surface area contributed by atoms with E-state index in [0.29, 0.717) is 0 Å². The molecule has 17 heavy (non-hydrogen) atoms. The van der Waals surface area contributed by atoms with Gasteiger partial charge >= 0.3 is 0 Å². The first kappa shape index (κ1) is 13.6. The Balaban J connectivity index is 2.45. The van der Waals surface area contributed by atoms with Crippen molar-refractivity contribution < 1.29 is 4.79 Å². The molecule has 0 aliphatic heterocycles. The van der Waals surface area contributed by atoms with E-state index in [1.165, 1.54) is 0 Å². The minimum Gasteiger partial charge on any atom is -0.355 e. The summed E-state index contributed by atoms with van der Waals surface area (Å²) in [6.07, 6.45) is 2.71. The van der Waals surface area contributed by atoms with Crippen LogP contribution in [0.3, 0.4) is 0 Å². The third-order valence-electron chi connectivity index (χ3n) is 2.57. The Morgan fingerprint density at radius 1 is 1.41 bits per heavy atom. The van der Waals surface area contributed by atoms with E-state index in [1.807, 2.05) is 39.0 Å². The first-order valence-electron chi connectivity index (χ1n) is 6.09. The standard InChI is InChI=1S/C13H21N3O/c1-4-8-15-13(17)11(3)16-10(2)12-7-5-6-9-14-12/h5-7,9-11,16H,4,8H2,1-3H3,(H,15,17)/t10-,11?/m1/s1. The molecule has 0 saturated carbocycles. The van der Waals surface area contributed by atoms with Gasteiger partial charge in [0.1, 0.15) is 0 Å². The molecule has 4 heteroatoms. The lowest BCUT2D eigenvalue weighted by Crippen LogP contribution is -2.43. The van der Waals surface area contributed by atoms with Gasteiger partial charge in [0.2, 0.25) is 5.91 Å². The van der Waals surface area contributed by atoms with Gasteiger partial charge in [0.15, 0.2) is 0 Å². The molecule has 1 heterocycles. The van der Waals surface area contributed by atoms with E-state index >= 15 is 0 Å². The van der Waals surface area contributed by atoms with E-state index in [1.54, 1.807) is 6.20 Å². The van der Waals surface area contributed by atoms with Gasteiger partial charge in [0.05, 0.1) is 11.7 Å². The van der Waals surface area contributed by atoms with Crippen molar-refractivity contribution >= 4 is 5.91 Å². The normalized spacial score (nSPS) is 14.1. The molecule has 0 saturated heterocycles. The van der Waals surface area contributed by atoms with Crippen LogP contribution in [-0.4, -0.2) is 23.5 Å². The van der Waals surface area contributed by atoms with Crippen molar-refractivity contribution in [3.8, 4) is 0 Å². The molecule has 0 radical (unpaired) electrons. The molecular formula is C13H21N3O. The topological polar surface area (TPSA) is 54.0 Å². The lowest BCUT2D eigenvalue weighted by atomic mass is 10.2. The quantitative estimate of drug-likeness (QED) is 0.788. The SMILES string of the molecule is CCCNC(=O)C(C)N[C@H](C)c1ccccn1. The largest absolute Gasteiger partial charge is 0.355 e. The summed E-state index contributed by atoms with van der Waals surface area (Å²) in [4.78, 5) is 15.9. The van der Waals surface area contributed by atoms with Crippen LogP contribution in [0.4, 0.5) is 0 Å². The van der Waals surface area contributed by atoms with E-state index in [4.69, 9.17) is 0 Å². The fourth-order valence-electron chi connectivity index (χ4n) is 1.57. The molecule has 1 aromatic heterocycles. The van der Waals surface area contributed by atoms with Gasteiger partial charge < -0.3 is 5.32 Å². The van der Waals surface area contributed by atoms with Gasteiger partial charge in [-0.2, -0.15) is 0 Å². The lowest BCUT2D eigenvalue weighted by molar-refractivity contribution is -0.122. The number of aromatic nitrogens is 1. The third kappa shape index (κ3) is 4.53. The van der Waals surface area contributed by atoms with Gasteiger partial charge in [0, 0.05) is 18.8 Å². The zero-order chi connectivity index (χ0) is 12.7. The minimum absolute atomic E-state index is 0.0367. The second-order valence-corrected chi connectivity index (χ2v) is 4.16. The number of hydrogen-bond acceptors (Lipinski definition) is 3. The van der Waals surface area contributed by atoms with Crippen LogP contribution >= 0.6 is 0 Å². The summed E-state index contributed by atoms with van der Waals surface area (Å²) < 4.78 is 0. The molecule has 4 nitrogen and oxygen atoms in total. The minimum atomic E-state index is -0.210. The number of hydrogen-bond donors (Lipinski definition) is 2. The molecule has 0 aliphatic rings. The van der Waals surface area contributed by atoms with Crippen LogP contribution in [-0.2, 0) is 4.79 Å². The number of carbonyl (C=O) groups excluding carboxylic acids is 1. The van der Waals surface area contributed by atoms with Crippen molar-refractivity contribution in [2.45, 2.75) is 39.3 Å². The van der Waals surface area contributed by atoms with Crippen molar-refractivity contribution in [2.24, 2.45) is 0 Å². The van der Waals surface area contributed by atoms with Crippen LogP contribution in [0.5, 0.6) is 0 Å². The highest BCUT2D eigenvalue weighted by Crippen LogP contribution is 2.08. The second kappa shape index (κ2) is 7.01. The first-order valence-corrected chi connectivity index (χ1v) is 6.09. The fourth-order valence-corrected chi connectivity index (χ4v) is 1.57. The van der Waals surface area contributed by atoms with Crippen LogP contribution < -0.4 is 10.6 Å². The number of nitrogens with zero attached hydrogens (tertiary/aromatic N) is 1. The van der Waals surface area contributed by atoms with E-state index in [-0.39, 0.29) is 18.0 Å². The van der Waals surface area contributed by atoms with Crippen molar-refractivity contribution in [1.29, 1.82) is 0 Å². The average Bonchev–Trinajstić information content (AvgIpc) is 2.36. The summed E-state index contributed by atoms with van der Waals surface area (Å²) in [5.74, 6) is 0.0367. The fraction of sp³-hybridized carbons (Fsp3) is 0.538. The molecule has 2 atom stereocenters. The molecule has 0 fully saturated rings. The van der Waals surface area contributed by atoms with E-state index in [9.17, 15) is 4.79 Å². The molecule has 1 aromatic rings. The summed E-state index contributed by atoms with van der Waals surface area (Å²) in [7, 11) is 0. The summed E-state index contributed by atoms with van der Waals surface area (Å²) in [6.45, 7) is 6.63. The zero-order valence-corrected chi connectivity index (χ0v) is 10.7.